The molecular formula is C19H28FN3O4. The number of nitrogens with one attached hydrogen (secondary N) is 1. The molecule has 7 nitrogen and oxygen atoms in total. The van der Waals surface area contributed by atoms with E-state index in [1.165, 1.54) is 0 Å². The zero-order valence-electron chi connectivity index (χ0n) is 15.6. The molecule has 1 rings (SSSR count). The number of hydrogen-bond donors (Lipinski definition) is 3. The molecular weight excluding hydrogens is 353 g/mol. The van der Waals surface area contributed by atoms with Crippen molar-refractivity contribution in [2.75, 3.05) is 6.61 Å². The van der Waals surface area contributed by atoms with Crippen LogP contribution in [0.3, 0.4) is 0 Å². The highest BCUT2D eigenvalue weighted by Crippen LogP contribution is 2.25. The van der Waals surface area contributed by atoms with Gasteiger partial charge < -0.3 is 21.5 Å². The van der Waals surface area contributed by atoms with Crippen LogP contribution in [0.4, 0.5) is 4.39 Å². The van der Waals surface area contributed by atoms with Crippen molar-refractivity contribution < 1.29 is 23.5 Å². The predicted molar refractivity (Wildman–Crippen MR) is 99.4 cm³/mol. The molecule has 0 aromatic heterocycles. The molecule has 8 heteroatoms. The van der Waals surface area contributed by atoms with Crippen LogP contribution in [-0.2, 0) is 20.8 Å². The van der Waals surface area contributed by atoms with Crippen molar-refractivity contribution in [2.45, 2.75) is 57.9 Å². The Labute approximate surface area is 158 Å². The standard InChI is InChI=1S/C19H28FN3O4/c1-13-9-14(5-3-2-4-6-17(21)25)19(20)16(10-13)27-11-15(23-12-24)7-8-18(22)26/h9-10,12,15H,2-8,11H2,1H3,(H2,21,25)(H2,22,26)(H,23,24)/t15-/m0/s1. The van der Waals surface area contributed by atoms with Gasteiger partial charge in [-0.2, -0.15) is 0 Å². The van der Waals surface area contributed by atoms with Crippen LogP contribution in [0.15, 0.2) is 12.1 Å². The Balaban J connectivity index is 2.66. The van der Waals surface area contributed by atoms with Crippen LogP contribution in [0.5, 0.6) is 5.75 Å². The van der Waals surface area contributed by atoms with Gasteiger partial charge in [-0.3, -0.25) is 14.4 Å². The van der Waals surface area contributed by atoms with Crippen LogP contribution >= 0.6 is 0 Å². The van der Waals surface area contributed by atoms with Gasteiger partial charge in [0, 0.05) is 12.8 Å². The minimum atomic E-state index is -0.479. The minimum Gasteiger partial charge on any atom is -0.488 e. The molecule has 0 unspecified atom stereocenters. The number of carbonyl (C=O) groups excluding carboxylic acids is 3. The summed E-state index contributed by atoms with van der Waals surface area (Å²) in [5, 5.41) is 2.54. The lowest BCUT2D eigenvalue weighted by Gasteiger charge is -2.18. The van der Waals surface area contributed by atoms with Gasteiger partial charge in [0.2, 0.25) is 18.2 Å². The molecule has 27 heavy (non-hydrogen) atoms. The van der Waals surface area contributed by atoms with E-state index in [9.17, 15) is 18.8 Å². The molecule has 0 radical (unpaired) electrons. The molecule has 1 aromatic carbocycles. The second-order valence-corrected chi connectivity index (χ2v) is 6.56. The topological polar surface area (TPSA) is 125 Å². The normalized spacial score (nSPS) is 11.6. The van der Waals surface area contributed by atoms with Gasteiger partial charge in [0.15, 0.2) is 11.6 Å². The van der Waals surface area contributed by atoms with E-state index in [0.29, 0.717) is 37.7 Å². The quantitative estimate of drug-likeness (QED) is 0.333. The van der Waals surface area contributed by atoms with Gasteiger partial charge in [0.1, 0.15) is 6.61 Å². The van der Waals surface area contributed by atoms with Gasteiger partial charge in [0.05, 0.1) is 6.04 Å². The van der Waals surface area contributed by atoms with Crippen molar-refractivity contribution in [1.82, 2.24) is 5.32 Å². The molecule has 0 heterocycles. The summed E-state index contributed by atoms with van der Waals surface area (Å²) < 4.78 is 20.2. The summed E-state index contributed by atoms with van der Waals surface area (Å²) >= 11 is 0. The highest BCUT2D eigenvalue weighted by Gasteiger charge is 2.15. The van der Waals surface area contributed by atoms with E-state index in [1.807, 2.05) is 6.92 Å². The Morgan fingerprint density at radius 1 is 1.19 bits per heavy atom. The number of rotatable bonds is 14. The van der Waals surface area contributed by atoms with E-state index in [2.05, 4.69) is 5.32 Å². The van der Waals surface area contributed by atoms with Gasteiger partial charge in [-0.15, -0.1) is 0 Å². The average Bonchev–Trinajstić information content (AvgIpc) is 2.59. The maximum atomic E-state index is 14.7. The van der Waals surface area contributed by atoms with Crippen LogP contribution in [0.1, 0.15) is 49.7 Å². The van der Waals surface area contributed by atoms with E-state index in [1.54, 1.807) is 12.1 Å². The zero-order chi connectivity index (χ0) is 20.2. The Kier molecular flexibility index (Phi) is 9.85. The third-order valence-corrected chi connectivity index (χ3v) is 4.11. The van der Waals surface area contributed by atoms with Crippen LogP contribution in [0, 0.1) is 12.7 Å². The van der Waals surface area contributed by atoms with Crippen molar-refractivity contribution >= 4 is 18.2 Å². The van der Waals surface area contributed by atoms with Crippen molar-refractivity contribution in [3.63, 3.8) is 0 Å². The fourth-order valence-electron chi connectivity index (χ4n) is 2.70. The molecule has 0 saturated heterocycles. The lowest BCUT2D eigenvalue weighted by atomic mass is 10.0. The number of carbonyl (C=O) groups is 3. The van der Waals surface area contributed by atoms with Crippen molar-refractivity contribution in [1.29, 1.82) is 0 Å². The highest BCUT2D eigenvalue weighted by molar-refractivity contribution is 5.74. The number of halogens is 1. The smallest absolute Gasteiger partial charge is 0.217 e. The lowest BCUT2D eigenvalue weighted by Crippen LogP contribution is -2.35. The van der Waals surface area contributed by atoms with E-state index in [4.69, 9.17) is 16.2 Å². The summed E-state index contributed by atoms with van der Waals surface area (Å²) in [7, 11) is 0. The summed E-state index contributed by atoms with van der Waals surface area (Å²) in [6.07, 6.45) is 3.99. The summed E-state index contributed by atoms with van der Waals surface area (Å²) in [5.74, 6) is -1.13. The molecule has 0 saturated carbocycles. The summed E-state index contributed by atoms with van der Waals surface area (Å²) in [6.45, 7) is 1.88. The first-order valence-corrected chi connectivity index (χ1v) is 9.01. The number of primary amides is 2. The van der Waals surface area contributed by atoms with Gasteiger partial charge in [-0.25, -0.2) is 4.39 Å². The molecule has 0 bridgehead atoms. The average molecular weight is 381 g/mol. The van der Waals surface area contributed by atoms with Crippen molar-refractivity contribution in [2.24, 2.45) is 11.5 Å². The highest BCUT2D eigenvalue weighted by atomic mass is 19.1. The first-order chi connectivity index (χ1) is 12.8. The van der Waals surface area contributed by atoms with Crippen molar-refractivity contribution in [3.8, 4) is 5.75 Å². The van der Waals surface area contributed by atoms with Crippen LogP contribution < -0.4 is 21.5 Å². The second kappa shape index (κ2) is 11.9. The largest absolute Gasteiger partial charge is 0.488 e. The number of amides is 3. The number of ether oxygens (including phenoxy) is 1. The molecule has 0 spiro atoms. The molecule has 0 aliphatic carbocycles. The molecule has 1 atom stereocenters. The SMILES string of the molecule is Cc1cc(CCCCCC(N)=O)c(F)c(OC[C@H](CCC(N)=O)NC=O)c1. The Morgan fingerprint density at radius 3 is 2.52 bits per heavy atom. The predicted octanol–water partition coefficient (Wildman–Crippen LogP) is 1.48. The number of nitrogens with two attached hydrogens (primary N) is 2. The maximum Gasteiger partial charge on any atom is 0.217 e. The molecule has 3 amide bonds. The maximum absolute atomic E-state index is 14.7. The number of unbranched alkanes of at least 4 members (excludes halogenated alkanes) is 2. The van der Waals surface area contributed by atoms with E-state index < -0.39 is 17.8 Å². The van der Waals surface area contributed by atoms with Gasteiger partial charge >= 0.3 is 0 Å². The Hall–Kier alpha value is -2.64. The van der Waals surface area contributed by atoms with E-state index in [-0.39, 0.29) is 24.7 Å². The molecule has 0 fully saturated rings. The van der Waals surface area contributed by atoms with Crippen LogP contribution in [0.25, 0.3) is 0 Å². The van der Waals surface area contributed by atoms with Gasteiger partial charge in [-0.05, 0) is 49.8 Å². The third kappa shape index (κ3) is 9.03. The number of aryl methyl sites for hydroxylation is 2. The summed E-state index contributed by atoms with van der Waals surface area (Å²) in [5.41, 5.74) is 11.6. The first kappa shape index (κ1) is 22.4. The fraction of sp³-hybridized carbons (Fsp3) is 0.526. The monoisotopic (exact) mass is 381 g/mol. The number of benzene rings is 1. The molecule has 1 aromatic rings. The van der Waals surface area contributed by atoms with Crippen LogP contribution in [0.2, 0.25) is 0 Å². The minimum absolute atomic E-state index is 0.0322. The van der Waals surface area contributed by atoms with Crippen LogP contribution in [-0.4, -0.2) is 30.9 Å². The zero-order valence-corrected chi connectivity index (χ0v) is 15.6. The molecule has 150 valence electrons. The van der Waals surface area contributed by atoms with Gasteiger partial charge in [0.25, 0.3) is 0 Å². The fourth-order valence-corrected chi connectivity index (χ4v) is 2.70. The third-order valence-electron chi connectivity index (χ3n) is 4.11. The second-order valence-electron chi connectivity index (χ2n) is 6.56. The van der Waals surface area contributed by atoms with E-state index in [0.717, 1.165) is 18.4 Å². The first-order valence-electron chi connectivity index (χ1n) is 9.01. The molecule has 0 aliphatic rings. The Morgan fingerprint density at radius 2 is 1.89 bits per heavy atom. The lowest BCUT2D eigenvalue weighted by molar-refractivity contribution is -0.119. The summed E-state index contributed by atoms with van der Waals surface area (Å²) in [6, 6.07) is 2.93. The summed E-state index contributed by atoms with van der Waals surface area (Å²) in [4.78, 5) is 32.3. The Bertz CT molecular complexity index is 652. The number of hydrogen-bond acceptors (Lipinski definition) is 4. The van der Waals surface area contributed by atoms with Crippen molar-refractivity contribution in [3.05, 3.63) is 29.1 Å². The van der Waals surface area contributed by atoms with E-state index >= 15 is 0 Å². The molecule has 0 aliphatic heterocycles. The molecule has 5 N–H and O–H groups in total. The van der Waals surface area contributed by atoms with Gasteiger partial charge in [-0.1, -0.05) is 12.5 Å².